The lowest BCUT2D eigenvalue weighted by molar-refractivity contribution is 0.123. The lowest BCUT2D eigenvalue weighted by Crippen LogP contribution is -2.35. The van der Waals surface area contributed by atoms with E-state index in [4.69, 9.17) is 5.73 Å². The van der Waals surface area contributed by atoms with Gasteiger partial charge in [0, 0.05) is 6.04 Å². The first-order chi connectivity index (χ1) is 7.60. The van der Waals surface area contributed by atoms with Crippen LogP contribution in [0.5, 0.6) is 0 Å². The Morgan fingerprint density at radius 1 is 1.25 bits per heavy atom. The fourth-order valence-corrected chi connectivity index (χ4v) is 4.83. The van der Waals surface area contributed by atoms with Gasteiger partial charge in [-0.05, 0) is 61.7 Å². The Labute approximate surface area is 99.5 Å². The summed E-state index contributed by atoms with van der Waals surface area (Å²) in [7, 11) is 0. The predicted octanol–water partition coefficient (Wildman–Crippen LogP) is 3.50. The van der Waals surface area contributed by atoms with Crippen LogP contribution in [0.15, 0.2) is 11.6 Å². The Hall–Kier alpha value is -0.300. The lowest BCUT2D eigenvalue weighted by Gasteiger charge is -2.38. The second-order valence-electron chi connectivity index (χ2n) is 6.80. The van der Waals surface area contributed by atoms with E-state index >= 15 is 0 Å². The molecule has 3 unspecified atom stereocenters. The molecule has 0 aliphatic heterocycles. The van der Waals surface area contributed by atoms with Crippen molar-refractivity contribution in [2.75, 3.05) is 0 Å². The minimum Gasteiger partial charge on any atom is -0.328 e. The van der Waals surface area contributed by atoms with Crippen molar-refractivity contribution in [3.63, 3.8) is 0 Å². The van der Waals surface area contributed by atoms with Crippen LogP contribution in [0.2, 0.25) is 0 Å². The van der Waals surface area contributed by atoms with E-state index in [1.165, 1.54) is 38.5 Å². The smallest absolute Gasteiger partial charge is 0.00447 e. The molecule has 1 heteroatoms. The minimum absolute atomic E-state index is 0.471. The Morgan fingerprint density at radius 3 is 2.88 bits per heavy atom. The average molecular weight is 219 g/mol. The normalized spacial score (nSPS) is 45.8. The quantitative estimate of drug-likeness (QED) is 0.620. The number of hydrogen-bond acceptors (Lipinski definition) is 1. The van der Waals surface area contributed by atoms with Crippen molar-refractivity contribution >= 4 is 0 Å². The van der Waals surface area contributed by atoms with Crippen LogP contribution in [-0.4, -0.2) is 6.04 Å². The van der Waals surface area contributed by atoms with Crippen molar-refractivity contribution < 1.29 is 0 Å². The van der Waals surface area contributed by atoms with Crippen molar-refractivity contribution in [3.8, 4) is 0 Å². The molecule has 3 rings (SSSR count). The molecule has 0 bridgehead atoms. The number of hydrogen-bond donors (Lipinski definition) is 1. The fraction of sp³-hybridized carbons (Fsp3) is 0.867. The summed E-state index contributed by atoms with van der Waals surface area (Å²) in [5.74, 6) is 2.63. The number of allylic oxidation sites excluding steroid dienone is 2. The lowest BCUT2D eigenvalue weighted by atomic mass is 9.68. The van der Waals surface area contributed by atoms with Gasteiger partial charge in [0.1, 0.15) is 0 Å². The van der Waals surface area contributed by atoms with Gasteiger partial charge >= 0.3 is 0 Å². The average Bonchev–Trinajstić information content (AvgIpc) is 2.49. The highest BCUT2D eigenvalue weighted by Crippen LogP contribution is 2.61. The van der Waals surface area contributed by atoms with Crippen LogP contribution < -0.4 is 5.73 Å². The molecule has 0 aromatic rings. The Morgan fingerprint density at radius 2 is 2.06 bits per heavy atom. The maximum Gasteiger partial charge on any atom is 0.00447 e. The van der Waals surface area contributed by atoms with E-state index in [1.54, 1.807) is 5.57 Å². The predicted molar refractivity (Wildman–Crippen MR) is 68.0 cm³/mol. The third-order valence-corrected chi connectivity index (χ3v) is 5.65. The highest BCUT2D eigenvalue weighted by molar-refractivity contribution is 5.26. The van der Waals surface area contributed by atoms with E-state index in [0.717, 1.165) is 17.8 Å². The van der Waals surface area contributed by atoms with Gasteiger partial charge in [0.25, 0.3) is 0 Å². The van der Waals surface area contributed by atoms with Crippen molar-refractivity contribution in [1.82, 2.24) is 0 Å². The van der Waals surface area contributed by atoms with Crippen LogP contribution in [0.1, 0.15) is 52.4 Å². The summed E-state index contributed by atoms with van der Waals surface area (Å²) in [5.41, 5.74) is 8.51. The van der Waals surface area contributed by atoms with Gasteiger partial charge in [-0.25, -0.2) is 0 Å². The molecule has 2 fully saturated rings. The van der Waals surface area contributed by atoms with Crippen molar-refractivity contribution in [1.29, 1.82) is 0 Å². The molecule has 16 heavy (non-hydrogen) atoms. The Balaban J connectivity index is 1.97. The van der Waals surface area contributed by atoms with Gasteiger partial charge in [0.05, 0.1) is 0 Å². The molecular formula is C15H25N. The van der Waals surface area contributed by atoms with Crippen molar-refractivity contribution in [3.05, 3.63) is 11.6 Å². The topological polar surface area (TPSA) is 26.0 Å². The van der Waals surface area contributed by atoms with E-state index in [1.807, 2.05) is 0 Å². The first kappa shape index (κ1) is 10.8. The summed E-state index contributed by atoms with van der Waals surface area (Å²) in [4.78, 5) is 0. The Bertz CT molecular complexity index is 315. The van der Waals surface area contributed by atoms with E-state index in [0.29, 0.717) is 11.5 Å². The standard InChI is InChI=1S/C15H25N/c1-15(2)13-6-4-3-5-11(13)12-9-10(16)7-8-14(12)15/h5,10,12-14H,3-4,6-9,16H2,1-2H3/t10-,12?,13?,14?/m0/s1. The zero-order chi connectivity index (χ0) is 11.3. The van der Waals surface area contributed by atoms with E-state index in [-0.39, 0.29) is 0 Å². The maximum absolute atomic E-state index is 6.17. The van der Waals surface area contributed by atoms with Crippen LogP contribution in [0.4, 0.5) is 0 Å². The van der Waals surface area contributed by atoms with Gasteiger partial charge in [-0.1, -0.05) is 25.5 Å². The molecule has 0 aromatic carbocycles. The molecule has 1 nitrogen and oxygen atoms in total. The summed E-state index contributed by atoms with van der Waals surface area (Å²) >= 11 is 0. The highest BCUT2D eigenvalue weighted by Gasteiger charge is 2.53. The summed E-state index contributed by atoms with van der Waals surface area (Å²) in [6.07, 6.45) is 10.6. The molecule has 3 aliphatic rings. The maximum atomic E-state index is 6.17. The van der Waals surface area contributed by atoms with E-state index < -0.39 is 0 Å². The van der Waals surface area contributed by atoms with Crippen LogP contribution in [0.25, 0.3) is 0 Å². The number of nitrogens with two attached hydrogens (primary N) is 1. The molecule has 0 spiro atoms. The zero-order valence-corrected chi connectivity index (χ0v) is 10.7. The molecule has 0 amide bonds. The number of rotatable bonds is 0. The van der Waals surface area contributed by atoms with E-state index in [9.17, 15) is 0 Å². The molecule has 90 valence electrons. The fourth-order valence-electron chi connectivity index (χ4n) is 4.83. The van der Waals surface area contributed by atoms with Gasteiger partial charge in [0.2, 0.25) is 0 Å². The van der Waals surface area contributed by atoms with Crippen LogP contribution in [0.3, 0.4) is 0 Å². The van der Waals surface area contributed by atoms with Crippen LogP contribution in [-0.2, 0) is 0 Å². The zero-order valence-electron chi connectivity index (χ0n) is 10.7. The Kier molecular flexibility index (Phi) is 2.43. The van der Waals surface area contributed by atoms with Gasteiger partial charge in [-0.3, -0.25) is 0 Å². The van der Waals surface area contributed by atoms with Crippen LogP contribution in [0, 0.1) is 23.2 Å². The van der Waals surface area contributed by atoms with Crippen LogP contribution >= 0.6 is 0 Å². The minimum atomic E-state index is 0.471. The molecule has 2 saturated carbocycles. The SMILES string of the molecule is CC1(C)C2CCCC=C2C2C[C@@H](N)CCC21. The molecule has 3 aliphatic carbocycles. The van der Waals surface area contributed by atoms with Gasteiger partial charge < -0.3 is 5.73 Å². The molecule has 0 aromatic heterocycles. The summed E-state index contributed by atoms with van der Waals surface area (Å²) in [6, 6.07) is 0.471. The largest absolute Gasteiger partial charge is 0.328 e. The molecule has 0 saturated heterocycles. The highest BCUT2D eigenvalue weighted by atomic mass is 14.7. The van der Waals surface area contributed by atoms with Gasteiger partial charge in [-0.2, -0.15) is 0 Å². The first-order valence-corrected chi connectivity index (χ1v) is 7.06. The summed E-state index contributed by atoms with van der Waals surface area (Å²) in [6.45, 7) is 5.02. The molecular weight excluding hydrogens is 194 g/mol. The number of fused-ring (bicyclic) bond motifs is 3. The van der Waals surface area contributed by atoms with Crippen molar-refractivity contribution in [2.45, 2.75) is 58.4 Å². The summed E-state index contributed by atoms with van der Waals surface area (Å²) in [5, 5.41) is 0. The molecule has 0 radical (unpaired) electrons. The molecule has 4 atom stereocenters. The molecule has 0 heterocycles. The van der Waals surface area contributed by atoms with E-state index in [2.05, 4.69) is 19.9 Å². The third-order valence-electron chi connectivity index (χ3n) is 5.65. The van der Waals surface area contributed by atoms with Crippen molar-refractivity contribution in [2.24, 2.45) is 28.9 Å². The third kappa shape index (κ3) is 1.40. The van der Waals surface area contributed by atoms with Gasteiger partial charge in [-0.15, -0.1) is 0 Å². The molecule has 2 N–H and O–H groups in total. The van der Waals surface area contributed by atoms with Gasteiger partial charge in [0.15, 0.2) is 0 Å². The monoisotopic (exact) mass is 219 g/mol. The second-order valence-corrected chi connectivity index (χ2v) is 6.80. The first-order valence-electron chi connectivity index (χ1n) is 7.06. The second kappa shape index (κ2) is 3.60. The summed E-state index contributed by atoms with van der Waals surface area (Å²) < 4.78 is 0.